The van der Waals surface area contributed by atoms with Gasteiger partial charge in [0.25, 0.3) is 0 Å². The quantitative estimate of drug-likeness (QED) is 0.595. The molecule has 1 aromatic heterocycles. The number of urea groups is 1. The molecule has 3 unspecified atom stereocenters. The van der Waals surface area contributed by atoms with Crippen molar-refractivity contribution in [1.82, 2.24) is 20.4 Å². The van der Waals surface area contributed by atoms with Crippen molar-refractivity contribution in [2.45, 2.75) is 37.8 Å². The second-order valence-electron chi connectivity index (χ2n) is 8.97. The number of methoxy groups -OCH3 is 1. The maximum atomic E-state index is 13.2. The molecule has 0 bridgehead atoms. The van der Waals surface area contributed by atoms with E-state index >= 15 is 0 Å². The number of fused-ring (bicyclic) bond motifs is 2. The Labute approximate surface area is 201 Å². The lowest BCUT2D eigenvalue weighted by molar-refractivity contribution is -0.137. The zero-order valence-corrected chi connectivity index (χ0v) is 19.1. The molecule has 1 saturated carbocycles. The van der Waals surface area contributed by atoms with E-state index in [1.165, 1.54) is 4.90 Å². The lowest BCUT2D eigenvalue weighted by atomic mass is 9.76. The topological polar surface area (TPSA) is 116 Å². The third-order valence-electron chi connectivity index (χ3n) is 6.88. The van der Waals surface area contributed by atoms with E-state index < -0.39 is 0 Å². The fraction of sp³-hybridized carbons (Fsp3) is 0.360. The smallest absolute Gasteiger partial charge is 0.324 e. The minimum Gasteiger partial charge on any atom is -0.497 e. The highest BCUT2D eigenvalue weighted by atomic mass is 16.7. The van der Waals surface area contributed by atoms with Crippen LogP contribution in [0.5, 0.6) is 17.2 Å². The highest BCUT2D eigenvalue weighted by Gasteiger charge is 2.45. The van der Waals surface area contributed by atoms with Crippen molar-refractivity contribution in [1.29, 1.82) is 0 Å². The van der Waals surface area contributed by atoms with Gasteiger partial charge in [-0.2, -0.15) is 4.98 Å². The van der Waals surface area contributed by atoms with E-state index in [0.29, 0.717) is 41.8 Å². The van der Waals surface area contributed by atoms with Crippen molar-refractivity contribution in [3.63, 3.8) is 0 Å². The fourth-order valence-corrected chi connectivity index (χ4v) is 5.04. The Morgan fingerprint density at radius 3 is 2.89 bits per heavy atom. The summed E-state index contributed by atoms with van der Waals surface area (Å²) in [4.78, 5) is 31.9. The highest BCUT2D eigenvalue weighted by molar-refractivity contribution is 5.98. The van der Waals surface area contributed by atoms with E-state index in [4.69, 9.17) is 18.7 Å². The minimum atomic E-state index is -0.383. The second kappa shape index (κ2) is 8.61. The number of nitrogens with one attached hydrogen (secondary N) is 1. The molecule has 10 nitrogen and oxygen atoms in total. The maximum absolute atomic E-state index is 13.2. The van der Waals surface area contributed by atoms with Crippen LogP contribution in [0.2, 0.25) is 0 Å². The third-order valence-corrected chi connectivity index (χ3v) is 6.88. The predicted octanol–water partition coefficient (Wildman–Crippen LogP) is 3.48. The van der Waals surface area contributed by atoms with E-state index in [9.17, 15) is 9.59 Å². The van der Waals surface area contributed by atoms with Crippen LogP contribution in [0.1, 0.15) is 36.6 Å². The van der Waals surface area contributed by atoms with Gasteiger partial charge >= 0.3 is 6.03 Å². The van der Waals surface area contributed by atoms with Gasteiger partial charge in [-0.3, -0.25) is 9.69 Å². The zero-order valence-electron chi connectivity index (χ0n) is 19.1. The van der Waals surface area contributed by atoms with Crippen molar-refractivity contribution in [2.75, 3.05) is 13.9 Å². The van der Waals surface area contributed by atoms with E-state index in [2.05, 4.69) is 15.5 Å². The van der Waals surface area contributed by atoms with Crippen molar-refractivity contribution < 1.29 is 28.3 Å². The Morgan fingerprint density at radius 1 is 1.11 bits per heavy atom. The first-order valence-electron chi connectivity index (χ1n) is 11.6. The summed E-state index contributed by atoms with van der Waals surface area (Å²) in [6.45, 7) is 0.402. The van der Waals surface area contributed by atoms with Crippen molar-refractivity contribution in [3.05, 3.63) is 53.9 Å². The van der Waals surface area contributed by atoms with Gasteiger partial charge < -0.3 is 24.1 Å². The number of hydrogen-bond donors (Lipinski definition) is 1. The van der Waals surface area contributed by atoms with Gasteiger partial charge in [0.1, 0.15) is 5.75 Å². The van der Waals surface area contributed by atoms with Gasteiger partial charge in [-0.1, -0.05) is 17.3 Å². The molecule has 3 heterocycles. The summed E-state index contributed by atoms with van der Waals surface area (Å²) in [6.07, 6.45) is 1.92. The van der Waals surface area contributed by atoms with Gasteiger partial charge in [0.05, 0.1) is 19.6 Å². The molecule has 1 saturated heterocycles. The number of ether oxygens (including phenoxy) is 3. The molecule has 6 rings (SSSR count). The van der Waals surface area contributed by atoms with Gasteiger partial charge in [-0.15, -0.1) is 0 Å². The molecule has 3 aliphatic rings. The van der Waals surface area contributed by atoms with Crippen LogP contribution >= 0.6 is 0 Å². The number of imide groups is 1. The number of hydrogen-bond acceptors (Lipinski definition) is 8. The molecule has 0 spiro atoms. The SMILES string of the molecule is COc1cccc(CN2C(=O)NC3CC(c4nc(-c5ccc6c(c5)OCO6)no4)CCC3C2=O)c1. The number of nitrogens with zero attached hydrogens (tertiary/aromatic N) is 3. The van der Waals surface area contributed by atoms with Gasteiger partial charge in [0.15, 0.2) is 11.5 Å². The maximum Gasteiger partial charge on any atom is 0.324 e. The van der Waals surface area contributed by atoms with Crippen LogP contribution in [0.4, 0.5) is 4.79 Å². The Balaban J connectivity index is 1.14. The number of rotatable bonds is 5. The monoisotopic (exact) mass is 476 g/mol. The summed E-state index contributed by atoms with van der Waals surface area (Å²) in [5, 5.41) is 7.17. The van der Waals surface area contributed by atoms with Gasteiger partial charge in [0, 0.05) is 17.5 Å². The first-order valence-corrected chi connectivity index (χ1v) is 11.6. The number of amides is 3. The molecule has 3 atom stereocenters. The summed E-state index contributed by atoms with van der Waals surface area (Å²) in [5.41, 5.74) is 1.61. The molecule has 10 heteroatoms. The number of carbonyl (C=O) groups excluding carboxylic acids is 2. The Kier molecular flexibility index (Phi) is 5.28. The molecule has 35 heavy (non-hydrogen) atoms. The third kappa shape index (κ3) is 3.94. The average molecular weight is 476 g/mol. The Bertz CT molecular complexity index is 1290. The summed E-state index contributed by atoms with van der Waals surface area (Å²) >= 11 is 0. The van der Waals surface area contributed by atoms with Crippen LogP contribution in [0, 0.1) is 5.92 Å². The average Bonchev–Trinajstić information content (AvgIpc) is 3.56. The van der Waals surface area contributed by atoms with Crippen LogP contribution < -0.4 is 19.5 Å². The normalized spacial score (nSPS) is 23.1. The predicted molar refractivity (Wildman–Crippen MR) is 122 cm³/mol. The van der Waals surface area contributed by atoms with Gasteiger partial charge in [-0.25, -0.2) is 4.79 Å². The molecule has 2 aromatic carbocycles. The van der Waals surface area contributed by atoms with Crippen LogP contribution in [-0.2, 0) is 11.3 Å². The fourth-order valence-electron chi connectivity index (χ4n) is 5.04. The Morgan fingerprint density at radius 2 is 2.00 bits per heavy atom. The number of carbonyl (C=O) groups is 2. The molecule has 0 radical (unpaired) electrons. The summed E-state index contributed by atoms with van der Waals surface area (Å²) in [7, 11) is 1.59. The molecule has 3 aromatic rings. The lowest BCUT2D eigenvalue weighted by Gasteiger charge is -2.41. The first kappa shape index (κ1) is 21.5. The molecule has 2 aliphatic heterocycles. The molecule has 180 valence electrons. The number of aromatic nitrogens is 2. The molecule has 1 N–H and O–H groups in total. The zero-order chi connectivity index (χ0) is 23.9. The summed E-state index contributed by atoms with van der Waals surface area (Å²) in [5.74, 6) is 2.54. The van der Waals surface area contributed by atoms with Crippen LogP contribution in [-0.4, -0.2) is 46.9 Å². The summed E-state index contributed by atoms with van der Waals surface area (Å²) in [6, 6.07) is 12.2. The molecular weight excluding hydrogens is 452 g/mol. The van der Waals surface area contributed by atoms with Crippen LogP contribution in [0.3, 0.4) is 0 Å². The Hall–Kier alpha value is -4.08. The van der Waals surface area contributed by atoms with Crippen LogP contribution in [0.25, 0.3) is 11.4 Å². The van der Waals surface area contributed by atoms with E-state index in [-0.39, 0.29) is 43.2 Å². The van der Waals surface area contributed by atoms with Crippen molar-refractivity contribution >= 4 is 11.9 Å². The van der Waals surface area contributed by atoms with Crippen molar-refractivity contribution in [3.8, 4) is 28.6 Å². The molecule has 3 amide bonds. The molecule has 2 fully saturated rings. The van der Waals surface area contributed by atoms with Crippen molar-refractivity contribution in [2.24, 2.45) is 5.92 Å². The van der Waals surface area contributed by atoms with E-state index in [1.807, 2.05) is 42.5 Å². The second-order valence-corrected chi connectivity index (χ2v) is 8.97. The van der Waals surface area contributed by atoms with E-state index in [0.717, 1.165) is 17.5 Å². The summed E-state index contributed by atoms with van der Waals surface area (Å²) < 4.78 is 21.6. The standard InChI is InChI=1S/C25H24N4O6/c1-32-17-4-2-3-14(9-17)12-29-24(30)18-7-5-16(10-19(18)26-25(29)31)23-27-22(28-35-23)15-6-8-20-21(11-15)34-13-33-20/h2-4,6,8-9,11,16,18-19H,5,7,10,12-13H2,1H3,(H,26,31). The van der Waals surface area contributed by atoms with Crippen LogP contribution in [0.15, 0.2) is 47.0 Å². The molecular formula is C25H24N4O6. The van der Waals surface area contributed by atoms with Gasteiger partial charge in [-0.05, 0) is 55.2 Å². The van der Waals surface area contributed by atoms with Gasteiger partial charge in [0.2, 0.25) is 24.4 Å². The lowest BCUT2D eigenvalue weighted by Crippen LogP contribution is -2.60. The minimum absolute atomic E-state index is 0.0375. The number of benzene rings is 2. The first-order chi connectivity index (χ1) is 17.1. The largest absolute Gasteiger partial charge is 0.497 e. The highest BCUT2D eigenvalue weighted by Crippen LogP contribution is 2.39. The van der Waals surface area contributed by atoms with E-state index in [1.54, 1.807) is 7.11 Å². The molecule has 1 aliphatic carbocycles.